The Morgan fingerprint density at radius 2 is 1.28 bits per heavy atom. The number of benzene rings is 1. The zero-order valence-electron chi connectivity index (χ0n) is 20.3. The van der Waals surface area contributed by atoms with E-state index < -0.39 is 11.9 Å². The molecule has 0 spiro atoms. The Hall–Kier alpha value is -3.94. The lowest BCUT2D eigenvalue weighted by Gasteiger charge is -2.16. The summed E-state index contributed by atoms with van der Waals surface area (Å²) in [7, 11) is 0. The second-order valence-corrected chi connectivity index (χ2v) is 8.47. The minimum atomic E-state index is -1.36. The van der Waals surface area contributed by atoms with E-state index in [1.165, 1.54) is 17.7 Å². The summed E-state index contributed by atoms with van der Waals surface area (Å²) in [5.74, 6) is -2.46. The van der Waals surface area contributed by atoms with Crippen molar-refractivity contribution in [2.75, 3.05) is 13.2 Å². The van der Waals surface area contributed by atoms with E-state index in [1.54, 1.807) is 12.4 Å². The highest BCUT2D eigenvalue weighted by Crippen LogP contribution is 2.35. The largest absolute Gasteiger partial charge is 0.490 e. The van der Waals surface area contributed by atoms with Gasteiger partial charge in [-0.3, -0.25) is 9.97 Å². The van der Waals surface area contributed by atoms with E-state index in [2.05, 4.69) is 9.97 Å². The van der Waals surface area contributed by atoms with Gasteiger partial charge in [0.05, 0.1) is 18.8 Å². The molecule has 0 saturated heterocycles. The number of ether oxygens (including phenoxy) is 2. The average Bonchev–Trinajstić information content (AvgIpc) is 2.89. The standard InChI is InChI=1S/C28H32N2O6/c31-27(32)23-13-14-24(35-17-5-1-3-9-21-11-7-15-29-19-21)26(25(23)28(33)34)36-18-6-2-4-10-22-12-8-16-30-20-22/h7-8,11-16,19-20H,1-6,9-10,17-18H2,(H,31,32)(H,33,34). The van der Waals surface area contributed by atoms with Crippen LogP contribution in [0, 0.1) is 0 Å². The van der Waals surface area contributed by atoms with Crippen molar-refractivity contribution in [3.05, 3.63) is 83.4 Å². The van der Waals surface area contributed by atoms with Crippen molar-refractivity contribution in [2.45, 2.75) is 51.4 Å². The number of unbranched alkanes of at least 4 members (excludes halogenated alkanes) is 4. The molecule has 0 atom stereocenters. The Bertz CT molecular complexity index is 1110. The lowest BCUT2D eigenvalue weighted by molar-refractivity contribution is 0.0646. The van der Waals surface area contributed by atoms with Gasteiger partial charge in [-0.25, -0.2) is 9.59 Å². The van der Waals surface area contributed by atoms with Crippen LogP contribution in [0.25, 0.3) is 0 Å². The van der Waals surface area contributed by atoms with Crippen molar-refractivity contribution in [1.29, 1.82) is 0 Å². The minimum Gasteiger partial charge on any atom is -0.490 e. The molecule has 0 aliphatic carbocycles. The molecule has 2 aromatic heterocycles. The molecule has 0 amide bonds. The second-order valence-electron chi connectivity index (χ2n) is 8.47. The molecule has 2 N–H and O–H groups in total. The number of hydrogen-bond acceptors (Lipinski definition) is 6. The van der Waals surface area contributed by atoms with E-state index in [4.69, 9.17) is 9.47 Å². The number of aromatic carboxylic acids is 2. The molecule has 0 saturated carbocycles. The van der Waals surface area contributed by atoms with Gasteiger partial charge in [-0.1, -0.05) is 12.1 Å². The molecule has 190 valence electrons. The fourth-order valence-corrected chi connectivity index (χ4v) is 3.88. The van der Waals surface area contributed by atoms with Gasteiger partial charge in [0.25, 0.3) is 0 Å². The maximum Gasteiger partial charge on any atom is 0.340 e. The number of carboxylic acids is 2. The SMILES string of the molecule is O=C(O)c1ccc(OCCCCCc2cccnc2)c(OCCCCCc2cccnc2)c1C(=O)O. The molecular weight excluding hydrogens is 460 g/mol. The molecule has 1 aromatic carbocycles. The van der Waals surface area contributed by atoms with Crippen molar-refractivity contribution in [3.8, 4) is 11.5 Å². The van der Waals surface area contributed by atoms with E-state index in [0.717, 1.165) is 50.5 Å². The van der Waals surface area contributed by atoms with Crippen molar-refractivity contribution < 1.29 is 29.3 Å². The predicted octanol–water partition coefficient (Wildman–Crippen LogP) is 5.46. The molecule has 36 heavy (non-hydrogen) atoms. The number of carboxylic acid groups (broad SMARTS) is 2. The summed E-state index contributed by atoms with van der Waals surface area (Å²) in [6, 6.07) is 10.6. The van der Waals surface area contributed by atoms with Gasteiger partial charge in [0, 0.05) is 24.8 Å². The van der Waals surface area contributed by atoms with Crippen LogP contribution in [-0.2, 0) is 12.8 Å². The molecule has 0 fully saturated rings. The van der Waals surface area contributed by atoms with E-state index in [9.17, 15) is 19.8 Å². The zero-order valence-corrected chi connectivity index (χ0v) is 20.3. The highest BCUT2D eigenvalue weighted by atomic mass is 16.5. The Morgan fingerprint density at radius 3 is 1.78 bits per heavy atom. The summed E-state index contributed by atoms with van der Waals surface area (Å²) in [6.07, 6.45) is 14.2. The number of hydrogen-bond donors (Lipinski definition) is 2. The summed E-state index contributed by atoms with van der Waals surface area (Å²) in [6.45, 7) is 0.637. The van der Waals surface area contributed by atoms with Crippen LogP contribution in [-0.4, -0.2) is 45.3 Å². The average molecular weight is 493 g/mol. The summed E-state index contributed by atoms with van der Waals surface area (Å²) in [5.41, 5.74) is 1.64. The lowest BCUT2D eigenvalue weighted by Crippen LogP contribution is -2.13. The molecule has 3 rings (SSSR count). The predicted molar refractivity (Wildman–Crippen MR) is 135 cm³/mol. The van der Waals surface area contributed by atoms with E-state index >= 15 is 0 Å². The first kappa shape index (κ1) is 26.7. The van der Waals surface area contributed by atoms with Crippen LogP contribution in [0.5, 0.6) is 11.5 Å². The molecule has 3 aromatic rings. The number of carbonyl (C=O) groups is 2. The fraction of sp³-hybridized carbons (Fsp3) is 0.357. The molecule has 8 heteroatoms. The third-order valence-corrected chi connectivity index (χ3v) is 5.73. The number of aromatic nitrogens is 2. The summed E-state index contributed by atoms with van der Waals surface area (Å²) >= 11 is 0. The highest BCUT2D eigenvalue weighted by Gasteiger charge is 2.25. The van der Waals surface area contributed by atoms with Gasteiger partial charge in [0.1, 0.15) is 5.56 Å². The Morgan fingerprint density at radius 1 is 0.694 bits per heavy atom. The van der Waals surface area contributed by atoms with Crippen LogP contribution in [0.4, 0.5) is 0 Å². The summed E-state index contributed by atoms with van der Waals surface area (Å²) < 4.78 is 11.7. The van der Waals surface area contributed by atoms with Gasteiger partial charge in [-0.2, -0.15) is 0 Å². The van der Waals surface area contributed by atoms with Gasteiger partial charge in [0.2, 0.25) is 0 Å². The molecule has 2 heterocycles. The van der Waals surface area contributed by atoms with E-state index in [0.29, 0.717) is 13.0 Å². The second kappa shape index (κ2) is 14.5. The molecule has 0 aliphatic heterocycles. The van der Waals surface area contributed by atoms with Crippen molar-refractivity contribution in [1.82, 2.24) is 9.97 Å². The summed E-state index contributed by atoms with van der Waals surface area (Å²) in [4.78, 5) is 31.8. The van der Waals surface area contributed by atoms with Crippen LogP contribution in [0.15, 0.2) is 61.2 Å². The number of nitrogens with zero attached hydrogens (tertiary/aromatic N) is 2. The third-order valence-electron chi connectivity index (χ3n) is 5.73. The van der Waals surface area contributed by atoms with Crippen LogP contribution >= 0.6 is 0 Å². The monoisotopic (exact) mass is 492 g/mol. The van der Waals surface area contributed by atoms with Gasteiger partial charge in [-0.15, -0.1) is 0 Å². The van der Waals surface area contributed by atoms with Crippen LogP contribution in [0.2, 0.25) is 0 Å². The summed E-state index contributed by atoms with van der Waals surface area (Å²) in [5, 5.41) is 19.2. The van der Waals surface area contributed by atoms with Gasteiger partial charge >= 0.3 is 11.9 Å². The Kier molecular flexibility index (Phi) is 10.7. The molecule has 0 radical (unpaired) electrons. The van der Waals surface area contributed by atoms with Gasteiger partial charge in [0.15, 0.2) is 11.5 Å². The quantitative estimate of drug-likeness (QED) is 0.253. The number of pyridine rings is 2. The van der Waals surface area contributed by atoms with Crippen LogP contribution in [0.3, 0.4) is 0 Å². The van der Waals surface area contributed by atoms with Crippen molar-refractivity contribution >= 4 is 11.9 Å². The third kappa shape index (κ3) is 8.37. The Labute approximate surface area is 211 Å². The number of aryl methyl sites for hydroxylation is 2. The van der Waals surface area contributed by atoms with E-state index in [1.807, 2.05) is 36.7 Å². The van der Waals surface area contributed by atoms with Crippen molar-refractivity contribution in [3.63, 3.8) is 0 Å². The smallest absolute Gasteiger partial charge is 0.340 e. The van der Waals surface area contributed by atoms with Crippen LogP contribution in [0.1, 0.15) is 70.4 Å². The fourth-order valence-electron chi connectivity index (χ4n) is 3.88. The van der Waals surface area contributed by atoms with E-state index in [-0.39, 0.29) is 29.2 Å². The van der Waals surface area contributed by atoms with Crippen molar-refractivity contribution in [2.24, 2.45) is 0 Å². The molecular formula is C28H32N2O6. The van der Waals surface area contributed by atoms with Gasteiger partial charge < -0.3 is 19.7 Å². The lowest BCUT2D eigenvalue weighted by atomic mass is 10.1. The maximum absolute atomic E-state index is 11.9. The topological polar surface area (TPSA) is 119 Å². The molecule has 0 aliphatic rings. The first-order chi connectivity index (χ1) is 17.6. The molecule has 8 nitrogen and oxygen atoms in total. The first-order valence-electron chi connectivity index (χ1n) is 12.2. The first-order valence-corrected chi connectivity index (χ1v) is 12.2. The van der Waals surface area contributed by atoms with Gasteiger partial charge in [-0.05, 0) is 86.8 Å². The maximum atomic E-state index is 11.9. The number of rotatable bonds is 16. The normalized spacial score (nSPS) is 10.7. The Balaban J connectivity index is 1.53. The highest BCUT2D eigenvalue weighted by molar-refractivity contribution is 6.04. The molecule has 0 bridgehead atoms. The zero-order chi connectivity index (χ0) is 25.6. The minimum absolute atomic E-state index is 0.0231. The molecule has 0 unspecified atom stereocenters. The van der Waals surface area contributed by atoms with Crippen LogP contribution < -0.4 is 9.47 Å².